The van der Waals surface area contributed by atoms with Crippen molar-refractivity contribution in [2.45, 2.75) is 25.7 Å². The number of unbranched alkanes of at least 4 members (excludes halogenated alkanes) is 1. The monoisotopic (exact) mass is 202 g/mol. The number of ether oxygens (including phenoxy) is 1. The Kier molecular flexibility index (Phi) is 8.17. The second-order valence-electron chi connectivity index (χ2n) is 2.91. The molecule has 0 saturated carbocycles. The highest BCUT2D eigenvalue weighted by Crippen LogP contribution is 2.08. The molecule has 0 spiro atoms. The number of hydrogen-bond donors (Lipinski definition) is 2. The standard InChI is InChI=1S/C10H18O4/c1-14-10(13)9(6-4-8-12)5-2-3-7-11/h5,11-12H,2-4,6-8H2,1H3. The van der Waals surface area contributed by atoms with Crippen LogP contribution < -0.4 is 0 Å². The molecule has 2 N–H and O–H groups in total. The van der Waals surface area contributed by atoms with Crippen LogP contribution in [-0.2, 0) is 9.53 Å². The van der Waals surface area contributed by atoms with Gasteiger partial charge < -0.3 is 14.9 Å². The molecular formula is C10H18O4. The highest BCUT2D eigenvalue weighted by atomic mass is 16.5. The Morgan fingerprint density at radius 2 is 1.93 bits per heavy atom. The van der Waals surface area contributed by atoms with Gasteiger partial charge in [0.25, 0.3) is 0 Å². The lowest BCUT2D eigenvalue weighted by molar-refractivity contribution is -0.136. The van der Waals surface area contributed by atoms with Crippen LogP contribution in [0.5, 0.6) is 0 Å². The molecule has 0 aliphatic carbocycles. The second kappa shape index (κ2) is 8.72. The second-order valence-corrected chi connectivity index (χ2v) is 2.91. The van der Waals surface area contributed by atoms with Crippen LogP contribution in [0.15, 0.2) is 11.6 Å². The Morgan fingerprint density at radius 1 is 1.29 bits per heavy atom. The number of allylic oxidation sites excluding steroid dienone is 1. The van der Waals surface area contributed by atoms with Gasteiger partial charge in [-0.15, -0.1) is 0 Å². The van der Waals surface area contributed by atoms with Crippen molar-refractivity contribution in [3.63, 3.8) is 0 Å². The first kappa shape index (κ1) is 13.1. The van der Waals surface area contributed by atoms with E-state index in [2.05, 4.69) is 4.74 Å². The number of methoxy groups -OCH3 is 1. The first-order valence-corrected chi connectivity index (χ1v) is 4.75. The first-order chi connectivity index (χ1) is 6.76. The molecule has 0 aliphatic rings. The fourth-order valence-corrected chi connectivity index (χ4v) is 1.06. The molecule has 4 heteroatoms. The molecule has 0 amide bonds. The van der Waals surface area contributed by atoms with Crippen molar-refractivity contribution in [3.05, 3.63) is 11.6 Å². The molecule has 0 heterocycles. The Labute approximate surface area is 84.2 Å². The highest BCUT2D eigenvalue weighted by molar-refractivity contribution is 5.88. The lowest BCUT2D eigenvalue weighted by Gasteiger charge is -2.03. The van der Waals surface area contributed by atoms with Crippen LogP contribution in [0.4, 0.5) is 0 Å². The van der Waals surface area contributed by atoms with Gasteiger partial charge in [0.1, 0.15) is 0 Å². The molecule has 0 rings (SSSR count). The molecule has 0 bridgehead atoms. The number of aliphatic hydroxyl groups is 2. The molecule has 14 heavy (non-hydrogen) atoms. The third-order valence-corrected chi connectivity index (χ3v) is 1.80. The van der Waals surface area contributed by atoms with Crippen LogP contribution in [0.3, 0.4) is 0 Å². The number of carbonyl (C=O) groups excluding carboxylic acids is 1. The fourth-order valence-electron chi connectivity index (χ4n) is 1.06. The summed E-state index contributed by atoms with van der Waals surface area (Å²) in [6.45, 7) is 0.180. The molecular weight excluding hydrogens is 184 g/mol. The van der Waals surface area contributed by atoms with Gasteiger partial charge >= 0.3 is 5.97 Å². The predicted molar refractivity (Wildman–Crippen MR) is 52.7 cm³/mol. The maximum absolute atomic E-state index is 11.2. The molecule has 0 atom stereocenters. The van der Waals surface area contributed by atoms with Crippen molar-refractivity contribution in [1.82, 2.24) is 0 Å². The molecule has 0 aromatic heterocycles. The van der Waals surface area contributed by atoms with Gasteiger partial charge in [0.15, 0.2) is 0 Å². The SMILES string of the molecule is COC(=O)C(=CCCCO)CCCO. The van der Waals surface area contributed by atoms with Crippen LogP contribution in [0.1, 0.15) is 25.7 Å². The molecule has 0 aromatic rings. The van der Waals surface area contributed by atoms with Crippen molar-refractivity contribution in [2.75, 3.05) is 20.3 Å². The number of esters is 1. The van der Waals surface area contributed by atoms with E-state index in [1.54, 1.807) is 6.08 Å². The van der Waals surface area contributed by atoms with E-state index in [0.717, 1.165) is 0 Å². The van der Waals surface area contributed by atoms with E-state index in [1.807, 2.05) is 0 Å². The summed E-state index contributed by atoms with van der Waals surface area (Å²) >= 11 is 0. The smallest absolute Gasteiger partial charge is 0.333 e. The van der Waals surface area contributed by atoms with E-state index in [1.165, 1.54) is 7.11 Å². The van der Waals surface area contributed by atoms with Gasteiger partial charge in [0.2, 0.25) is 0 Å². The Balaban J connectivity index is 4.08. The number of rotatable bonds is 7. The number of aliphatic hydroxyl groups excluding tert-OH is 2. The molecule has 0 aliphatic heterocycles. The molecule has 0 radical (unpaired) electrons. The maximum Gasteiger partial charge on any atom is 0.333 e. The van der Waals surface area contributed by atoms with Gasteiger partial charge in [-0.2, -0.15) is 0 Å². The van der Waals surface area contributed by atoms with Crippen molar-refractivity contribution < 1.29 is 19.7 Å². The summed E-state index contributed by atoms with van der Waals surface area (Å²) < 4.78 is 4.59. The quantitative estimate of drug-likeness (QED) is 0.361. The first-order valence-electron chi connectivity index (χ1n) is 4.75. The van der Waals surface area contributed by atoms with Gasteiger partial charge in [-0.1, -0.05) is 6.08 Å². The lowest BCUT2D eigenvalue weighted by atomic mass is 10.1. The van der Waals surface area contributed by atoms with Crippen molar-refractivity contribution in [1.29, 1.82) is 0 Å². The minimum Gasteiger partial charge on any atom is -0.466 e. The minimum absolute atomic E-state index is 0.0638. The number of hydrogen-bond acceptors (Lipinski definition) is 4. The summed E-state index contributed by atoms with van der Waals surface area (Å²) in [6.07, 6.45) is 4.14. The van der Waals surface area contributed by atoms with Gasteiger partial charge in [0.05, 0.1) is 7.11 Å². The summed E-state index contributed by atoms with van der Waals surface area (Å²) in [5.41, 5.74) is 0.579. The minimum atomic E-state index is -0.351. The summed E-state index contributed by atoms with van der Waals surface area (Å²) in [4.78, 5) is 11.2. The topological polar surface area (TPSA) is 66.8 Å². The summed E-state index contributed by atoms with van der Waals surface area (Å²) in [7, 11) is 1.33. The van der Waals surface area contributed by atoms with Crippen LogP contribution in [0.25, 0.3) is 0 Å². The maximum atomic E-state index is 11.2. The third kappa shape index (κ3) is 5.72. The average molecular weight is 202 g/mol. The number of carbonyl (C=O) groups is 1. The normalized spacial score (nSPS) is 11.5. The van der Waals surface area contributed by atoms with E-state index in [-0.39, 0.29) is 19.2 Å². The molecule has 0 aromatic carbocycles. The summed E-state index contributed by atoms with van der Waals surface area (Å²) in [6, 6.07) is 0. The largest absolute Gasteiger partial charge is 0.466 e. The average Bonchev–Trinajstić information content (AvgIpc) is 2.22. The van der Waals surface area contributed by atoms with E-state index in [0.29, 0.717) is 31.3 Å². The lowest BCUT2D eigenvalue weighted by Crippen LogP contribution is -2.05. The molecule has 4 nitrogen and oxygen atoms in total. The third-order valence-electron chi connectivity index (χ3n) is 1.80. The zero-order valence-corrected chi connectivity index (χ0v) is 8.53. The van der Waals surface area contributed by atoms with E-state index in [9.17, 15) is 4.79 Å². The van der Waals surface area contributed by atoms with Crippen molar-refractivity contribution in [3.8, 4) is 0 Å². The van der Waals surface area contributed by atoms with Gasteiger partial charge in [0, 0.05) is 18.8 Å². The van der Waals surface area contributed by atoms with Crippen LogP contribution in [0.2, 0.25) is 0 Å². The van der Waals surface area contributed by atoms with Gasteiger partial charge in [-0.25, -0.2) is 4.79 Å². The summed E-state index contributed by atoms with van der Waals surface area (Å²) in [5, 5.41) is 17.2. The van der Waals surface area contributed by atoms with E-state index < -0.39 is 0 Å². The van der Waals surface area contributed by atoms with Crippen LogP contribution in [0, 0.1) is 0 Å². The van der Waals surface area contributed by atoms with Gasteiger partial charge in [-0.3, -0.25) is 0 Å². The Morgan fingerprint density at radius 3 is 2.43 bits per heavy atom. The Hall–Kier alpha value is -0.870. The van der Waals surface area contributed by atoms with Gasteiger partial charge in [-0.05, 0) is 25.7 Å². The van der Waals surface area contributed by atoms with E-state index in [4.69, 9.17) is 10.2 Å². The summed E-state index contributed by atoms with van der Waals surface area (Å²) in [5.74, 6) is -0.351. The highest BCUT2D eigenvalue weighted by Gasteiger charge is 2.07. The zero-order chi connectivity index (χ0) is 10.8. The molecule has 0 fully saturated rings. The van der Waals surface area contributed by atoms with Crippen LogP contribution >= 0.6 is 0 Å². The zero-order valence-electron chi connectivity index (χ0n) is 8.53. The molecule has 0 unspecified atom stereocenters. The fraction of sp³-hybridized carbons (Fsp3) is 0.700. The van der Waals surface area contributed by atoms with E-state index >= 15 is 0 Å². The molecule has 82 valence electrons. The predicted octanol–water partition coefficient (Wildman–Crippen LogP) is 0.631. The van der Waals surface area contributed by atoms with Crippen molar-refractivity contribution >= 4 is 5.97 Å². The van der Waals surface area contributed by atoms with Crippen molar-refractivity contribution in [2.24, 2.45) is 0 Å². The van der Waals surface area contributed by atoms with Crippen LogP contribution in [-0.4, -0.2) is 36.5 Å². The molecule has 0 saturated heterocycles. The Bertz CT molecular complexity index is 187.